The molecule has 2 N–H and O–H groups in total. The van der Waals surface area contributed by atoms with E-state index in [1.165, 1.54) is 34.9 Å². The van der Waals surface area contributed by atoms with Gasteiger partial charge in [0.25, 0.3) is 15.9 Å². The Balaban J connectivity index is 1.61. The van der Waals surface area contributed by atoms with Gasteiger partial charge in [-0.1, -0.05) is 6.92 Å². The van der Waals surface area contributed by atoms with E-state index in [-0.39, 0.29) is 33.4 Å². The maximum absolute atomic E-state index is 13.4. The average Bonchev–Trinajstić information content (AvgIpc) is 3.52. The van der Waals surface area contributed by atoms with Crippen LogP contribution in [0, 0.1) is 18.3 Å². The SMILES string of the molecule is Cc1nn(C)cc1S(=O)(=O)NC(=O)c1ccc(N2C=CC(OCC(C)(C)C(F)(F)F)N2)nc1N1C[C@@H](C)CC1(C)C. The molecule has 0 spiro atoms. The minimum atomic E-state index is -4.43. The van der Waals surface area contributed by atoms with Crippen LogP contribution in [0.5, 0.6) is 0 Å². The van der Waals surface area contributed by atoms with E-state index < -0.39 is 40.4 Å². The van der Waals surface area contributed by atoms with Gasteiger partial charge in [0.2, 0.25) is 0 Å². The van der Waals surface area contributed by atoms with Crippen molar-refractivity contribution in [2.75, 3.05) is 23.1 Å². The van der Waals surface area contributed by atoms with Crippen LogP contribution in [0.4, 0.5) is 24.8 Å². The van der Waals surface area contributed by atoms with Gasteiger partial charge in [-0.2, -0.15) is 23.7 Å². The van der Waals surface area contributed by atoms with Gasteiger partial charge in [0.05, 0.1) is 23.3 Å². The molecule has 1 saturated heterocycles. The second-order valence-electron chi connectivity index (χ2n) is 11.9. The number of aromatic nitrogens is 3. The Labute approximate surface area is 237 Å². The highest BCUT2D eigenvalue weighted by atomic mass is 32.2. The van der Waals surface area contributed by atoms with Crippen molar-refractivity contribution in [3.05, 3.63) is 41.9 Å². The molecule has 4 heterocycles. The van der Waals surface area contributed by atoms with Crippen LogP contribution >= 0.6 is 0 Å². The van der Waals surface area contributed by atoms with E-state index in [0.717, 1.165) is 20.3 Å². The van der Waals surface area contributed by atoms with Crippen molar-refractivity contribution in [2.24, 2.45) is 18.4 Å². The van der Waals surface area contributed by atoms with Gasteiger partial charge < -0.3 is 9.64 Å². The normalized spacial score (nSPS) is 21.1. The van der Waals surface area contributed by atoms with E-state index in [1.54, 1.807) is 19.3 Å². The fourth-order valence-electron chi connectivity index (χ4n) is 4.99. The molecular formula is C26H36F3N7O4S. The van der Waals surface area contributed by atoms with E-state index in [4.69, 9.17) is 9.72 Å². The Morgan fingerprint density at radius 1 is 1.27 bits per heavy atom. The average molecular weight is 600 g/mol. The highest BCUT2D eigenvalue weighted by Crippen LogP contribution is 2.39. The lowest BCUT2D eigenvalue weighted by molar-refractivity contribution is -0.230. The molecule has 2 atom stereocenters. The highest BCUT2D eigenvalue weighted by molar-refractivity contribution is 7.90. The number of hydrogen-bond donors (Lipinski definition) is 2. The van der Waals surface area contributed by atoms with Gasteiger partial charge in [-0.15, -0.1) is 0 Å². The Morgan fingerprint density at radius 3 is 2.51 bits per heavy atom. The Bertz CT molecular complexity index is 1450. The van der Waals surface area contributed by atoms with Crippen molar-refractivity contribution in [2.45, 2.75) is 70.8 Å². The van der Waals surface area contributed by atoms with Crippen LogP contribution in [0.15, 0.2) is 35.5 Å². The summed E-state index contributed by atoms with van der Waals surface area (Å²) in [4.78, 5) is 20.0. The smallest absolute Gasteiger partial charge is 0.357 e. The number of nitrogens with one attached hydrogen (secondary N) is 2. The summed E-state index contributed by atoms with van der Waals surface area (Å²) in [6, 6.07) is 3.00. The third kappa shape index (κ3) is 6.36. The monoisotopic (exact) mass is 599 g/mol. The number of alkyl halides is 3. The summed E-state index contributed by atoms with van der Waals surface area (Å²) in [5, 5.41) is 5.53. The second kappa shape index (κ2) is 10.6. The largest absolute Gasteiger partial charge is 0.396 e. The number of anilines is 2. The van der Waals surface area contributed by atoms with Gasteiger partial charge in [-0.25, -0.2) is 18.1 Å². The first-order valence-corrected chi connectivity index (χ1v) is 14.6. The number of ether oxygens (including phenoxy) is 1. The number of aryl methyl sites for hydroxylation is 2. The van der Waals surface area contributed by atoms with Crippen LogP contribution in [-0.2, 0) is 21.8 Å². The first-order valence-electron chi connectivity index (χ1n) is 13.1. The third-order valence-electron chi connectivity index (χ3n) is 7.23. The zero-order chi connectivity index (χ0) is 30.5. The quantitative estimate of drug-likeness (QED) is 0.469. The van der Waals surface area contributed by atoms with Gasteiger partial charge in [0.1, 0.15) is 22.8 Å². The summed E-state index contributed by atoms with van der Waals surface area (Å²) in [5.41, 5.74) is 0.824. The van der Waals surface area contributed by atoms with E-state index in [0.29, 0.717) is 12.4 Å². The van der Waals surface area contributed by atoms with Crippen molar-refractivity contribution in [3.8, 4) is 0 Å². The van der Waals surface area contributed by atoms with Gasteiger partial charge >= 0.3 is 6.18 Å². The molecule has 0 saturated carbocycles. The Kier molecular flexibility index (Phi) is 7.95. The molecular weight excluding hydrogens is 563 g/mol. The Hall–Kier alpha value is -3.17. The summed E-state index contributed by atoms with van der Waals surface area (Å²) in [5.74, 6) is 0.0615. The number of carbonyl (C=O) groups excluding carboxylic acids is 1. The summed E-state index contributed by atoms with van der Waals surface area (Å²) >= 11 is 0. The molecule has 1 fully saturated rings. The molecule has 4 rings (SSSR count). The topological polar surface area (TPSA) is 122 Å². The maximum Gasteiger partial charge on any atom is 0.396 e. The van der Waals surface area contributed by atoms with E-state index >= 15 is 0 Å². The lowest BCUT2D eigenvalue weighted by atomic mass is 9.94. The fraction of sp³-hybridized carbons (Fsp3) is 0.577. The molecule has 2 aliphatic rings. The molecule has 11 nitrogen and oxygen atoms in total. The first kappa shape index (κ1) is 30.8. The molecule has 1 unspecified atom stereocenters. The molecule has 0 radical (unpaired) electrons. The molecule has 2 aromatic heterocycles. The Morgan fingerprint density at radius 2 is 1.95 bits per heavy atom. The van der Waals surface area contributed by atoms with Gasteiger partial charge in [-0.3, -0.25) is 14.5 Å². The number of amides is 1. The second-order valence-corrected chi connectivity index (χ2v) is 13.6. The van der Waals surface area contributed by atoms with Crippen LogP contribution in [0.3, 0.4) is 0 Å². The van der Waals surface area contributed by atoms with Gasteiger partial charge in [0, 0.05) is 31.5 Å². The molecule has 2 aliphatic heterocycles. The fourth-order valence-corrected chi connectivity index (χ4v) is 6.18. The van der Waals surface area contributed by atoms with Crippen molar-refractivity contribution in [3.63, 3.8) is 0 Å². The lowest BCUT2D eigenvalue weighted by Gasteiger charge is -2.34. The van der Waals surface area contributed by atoms with Crippen molar-refractivity contribution >= 4 is 27.6 Å². The van der Waals surface area contributed by atoms with Crippen LogP contribution in [0.25, 0.3) is 0 Å². The summed E-state index contributed by atoms with van der Waals surface area (Å²) in [6.45, 7) is 9.80. The number of pyridine rings is 1. The predicted octanol–water partition coefficient (Wildman–Crippen LogP) is 3.64. The minimum Gasteiger partial charge on any atom is -0.357 e. The molecule has 1 amide bonds. The minimum absolute atomic E-state index is 0.0592. The van der Waals surface area contributed by atoms with Crippen molar-refractivity contribution in [1.82, 2.24) is 24.9 Å². The molecule has 41 heavy (non-hydrogen) atoms. The first-order chi connectivity index (χ1) is 18.8. The lowest BCUT2D eigenvalue weighted by Crippen LogP contribution is -2.43. The number of hydrogen-bond acceptors (Lipinski definition) is 9. The number of halogens is 3. The van der Waals surface area contributed by atoms with Gasteiger partial charge in [0.15, 0.2) is 0 Å². The predicted molar refractivity (Wildman–Crippen MR) is 146 cm³/mol. The zero-order valence-electron chi connectivity index (χ0n) is 24.1. The van der Waals surface area contributed by atoms with Crippen LogP contribution in [-0.4, -0.2) is 60.2 Å². The number of hydrazine groups is 1. The molecule has 226 valence electrons. The molecule has 0 bridgehead atoms. The number of sulfonamides is 1. The van der Waals surface area contributed by atoms with E-state index in [9.17, 15) is 26.4 Å². The van der Waals surface area contributed by atoms with Crippen molar-refractivity contribution < 1.29 is 31.1 Å². The maximum atomic E-state index is 13.4. The molecule has 15 heteroatoms. The van der Waals surface area contributed by atoms with Gasteiger partial charge in [-0.05, 0) is 65.2 Å². The summed E-state index contributed by atoms with van der Waals surface area (Å²) in [7, 11) is -2.64. The number of carbonyl (C=O) groups is 1. The number of nitrogens with zero attached hydrogens (tertiary/aromatic N) is 5. The van der Waals surface area contributed by atoms with Crippen LogP contribution in [0.2, 0.25) is 0 Å². The summed E-state index contributed by atoms with van der Waals surface area (Å²) in [6.07, 6.45) is 0.00726. The van der Waals surface area contributed by atoms with Crippen LogP contribution < -0.4 is 20.1 Å². The zero-order valence-corrected chi connectivity index (χ0v) is 24.9. The van der Waals surface area contributed by atoms with Crippen molar-refractivity contribution in [1.29, 1.82) is 0 Å². The van der Waals surface area contributed by atoms with E-state index in [1.807, 2.05) is 18.7 Å². The molecule has 0 aromatic carbocycles. The standard InChI is InChI=1S/C26H36F3N7O4S/c1-16-12-25(5,6)35(13-16)22-18(23(37)33-41(38,39)19-14-34(7)31-17(19)2)8-9-20(30-22)36-11-10-21(32-36)40-15-24(3,4)26(27,28)29/h8-11,14,16,21,32H,12-13,15H2,1-7H3,(H,33,37)/t16-,21?/m0/s1. The molecule has 0 aliphatic carbocycles. The third-order valence-corrected chi connectivity index (χ3v) is 8.67. The van der Waals surface area contributed by atoms with E-state index in [2.05, 4.69) is 22.2 Å². The van der Waals surface area contributed by atoms with Crippen LogP contribution in [0.1, 0.15) is 57.1 Å². The molecule has 2 aromatic rings. The highest BCUT2D eigenvalue weighted by Gasteiger charge is 2.48. The summed E-state index contributed by atoms with van der Waals surface area (Å²) < 4.78 is 74.7. The number of rotatable bonds is 8.